The molecule has 0 aromatic heterocycles. The first-order chi connectivity index (χ1) is 6.54. The van der Waals surface area contributed by atoms with Gasteiger partial charge < -0.3 is 19.6 Å². The van der Waals surface area contributed by atoms with Crippen molar-refractivity contribution < 1.29 is 19.4 Å². The van der Waals surface area contributed by atoms with Gasteiger partial charge in [-0.25, -0.2) is 9.59 Å². The second kappa shape index (κ2) is 4.28. The second-order valence-corrected chi connectivity index (χ2v) is 3.30. The maximum atomic E-state index is 11.5. The molecule has 1 atom stereocenters. The molecule has 1 fully saturated rings. The summed E-state index contributed by atoms with van der Waals surface area (Å²) in [5.41, 5.74) is 0. The van der Waals surface area contributed by atoms with Crippen LogP contribution in [0.15, 0.2) is 0 Å². The molecule has 1 aliphatic heterocycles. The van der Waals surface area contributed by atoms with E-state index in [1.807, 2.05) is 0 Å². The number of carboxylic acid groups (broad SMARTS) is 1. The van der Waals surface area contributed by atoms with Crippen molar-refractivity contribution in [2.24, 2.45) is 0 Å². The van der Waals surface area contributed by atoms with Crippen molar-refractivity contribution in [1.29, 1.82) is 0 Å². The zero-order valence-corrected chi connectivity index (χ0v) is 8.27. The molecule has 6 nitrogen and oxygen atoms in total. The van der Waals surface area contributed by atoms with Gasteiger partial charge in [-0.3, -0.25) is 0 Å². The van der Waals surface area contributed by atoms with E-state index in [9.17, 15) is 9.59 Å². The lowest BCUT2D eigenvalue weighted by atomic mass is 10.2. The van der Waals surface area contributed by atoms with Gasteiger partial charge in [0, 0.05) is 20.6 Å². The summed E-state index contributed by atoms with van der Waals surface area (Å²) >= 11 is 0. The van der Waals surface area contributed by atoms with Crippen molar-refractivity contribution >= 4 is 12.0 Å². The molecule has 1 unspecified atom stereocenters. The Morgan fingerprint density at radius 3 is 2.64 bits per heavy atom. The molecule has 1 aliphatic rings. The molecule has 2 amide bonds. The first kappa shape index (κ1) is 10.8. The zero-order valence-electron chi connectivity index (χ0n) is 8.27. The van der Waals surface area contributed by atoms with Crippen molar-refractivity contribution in [3.05, 3.63) is 0 Å². The molecule has 0 spiro atoms. The number of aliphatic carboxylic acids is 1. The highest BCUT2D eigenvalue weighted by Crippen LogP contribution is 2.09. The first-order valence-electron chi connectivity index (χ1n) is 4.32. The second-order valence-electron chi connectivity index (χ2n) is 3.30. The van der Waals surface area contributed by atoms with E-state index in [0.29, 0.717) is 13.2 Å². The zero-order chi connectivity index (χ0) is 10.7. The van der Waals surface area contributed by atoms with Crippen LogP contribution >= 0.6 is 0 Å². The standard InChI is InChI=1S/C8H14N2O4/c1-9(2)8(13)10-3-4-14-5-6(10)7(11)12/h6H,3-5H2,1-2H3,(H,11,12). The van der Waals surface area contributed by atoms with E-state index in [1.54, 1.807) is 14.1 Å². The lowest BCUT2D eigenvalue weighted by Crippen LogP contribution is -2.55. The third-order valence-corrected chi connectivity index (χ3v) is 2.04. The SMILES string of the molecule is CN(C)C(=O)N1CCOCC1C(=O)O. The van der Waals surface area contributed by atoms with E-state index < -0.39 is 12.0 Å². The summed E-state index contributed by atoms with van der Waals surface area (Å²) < 4.78 is 5.01. The average Bonchev–Trinajstić information content (AvgIpc) is 2.16. The molecule has 1 saturated heterocycles. The van der Waals surface area contributed by atoms with Crippen molar-refractivity contribution in [3.63, 3.8) is 0 Å². The van der Waals surface area contributed by atoms with Gasteiger partial charge in [-0.05, 0) is 0 Å². The van der Waals surface area contributed by atoms with Crippen LogP contribution in [0, 0.1) is 0 Å². The maximum absolute atomic E-state index is 11.5. The van der Waals surface area contributed by atoms with Crippen LogP contribution in [0.3, 0.4) is 0 Å². The van der Waals surface area contributed by atoms with Crippen LogP contribution < -0.4 is 0 Å². The third-order valence-electron chi connectivity index (χ3n) is 2.04. The highest BCUT2D eigenvalue weighted by Gasteiger charge is 2.33. The predicted molar refractivity (Wildman–Crippen MR) is 48.0 cm³/mol. The van der Waals surface area contributed by atoms with Crippen molar-refractivity contribution in [2.45, 2.75) is 6.04 Å². The van der Waals surface area contributed by atoms with Gasteiger partial charge in [0.15, 0.2) is 6.04 Å². The maximum Gasteiger partial charge on any atom is 0.328 e. The predicted octanol–water partition coefficient (Wildman–Crippen LogP) is -0.547. The normalized spacial score (nSPS) is 21.9. The van der Waals surface area contributed by atoms with Crippen LogP contribution in [0.1, 0.15) is 0 Å². The molecule has 0 aromatic rings. The molecule has 14 heavy (non-hydrogen) atoms. The van der Waals surface area contributed by atoms with Crippen LogP contribution in [-0.4, -0.2) is 66.8 Å². The van der Waals surface area contributed by atoms with Crippen LogP contribution in [0.2, 0.25) is 0 Å². The largest absolute Gasteiger partial charge is 0.480 e. The summed E-state index contributed by atoms with van der Waals surface area (Å²) in [6, 6.07) is -1.15. The average molecular weight is 202 g/mol. The van der Waals surface area contributed by atoms with E-state index in [2.05, 4.69) is 0 Å². The number of hydrogen-bond donors (Lipinski definition) is 1. The van der Waals surface area contributed by atoms with Crippen molar-refractivity contribution in [2.75, 3.05) is 33.9 Å². The molecular formula is C8H14N2O4. The van der Waals surface area contributed by atoms with Crippen molar-refractivity contribution in [1.82, 2.24) is 9.80 Å². The Morgan fingerprint density at radius 2 is 2.14 bits per heavy atom. The number of amides is 2. The highest BCUT2D eigenvalue weighted by atomic mass is 16.5. The molecule has 0 aromatic carbocycles. The van der Waals surface area contributed by atoms with Crippen LogP contribution in [0.25, 0.3) is 0 Å². The quantitative estimate of drug-likeness (QED) is 0.619. The minimum Gasteiger partial charge on any atom is -0.480 e. The number of urea groups is 1. The van der Waals surface area contributed by atoms with E-state index >= 15 is 0 Å². The summed E-state index contributed by atoms with van der Waals surface area (Å²) in [4.78, 5) is 25.0. The molecule has 0 radical (unpaired) electrons. The van der Waals surface area contributed by atoms with Gasteiger partial charge in [0.25, 0.3) is 0 Å². The fourth-order valence-electron chi connectivity index (χ4n) is 1.29. The Bertz CT molecular complexity index is 241. The summed E-state index contributed by atoms with van der Waals surface area (Å²) in [7, 11) is 3.19. The molecule has 0 bridgehead atoms. The fraction of sp³-hybridized carbons (Fsp3) is 0.750. The van der Waals surface area contributed by atoms with E-state index in [4.69, 9.17) is 9.84 Å². The number of morpholine rings is 1. The molecule has 80 valence electrons. The number of nitrogens with zero attached hydrogens (tertiary/aromatic N) is 2. The van der Waals surface area contributed by atoms with Gasteiger partial charge in [-0.1, -0.05) is 0 Å². The summed E-state index contributed by atoms with van der Waals surface area (Å²) in [6.45, 7) is 0.784. The Kier molecular flexibility index (Phi) is 3.29. The Balaban J connectivity index is 2.72. The molecule has 1 rings (SSSR count). The fourth-order valence-corrected chi connectivity index (χ4v) is 1.29. The molecule has 6 heteroatoms. The van der Waals surface area contributed by atoms with E-state index in [1.165, 1.54) is 9.80 Å². The molecule has 0 saturated carbocycles. The van der Waals surface area contributed by atoms with Gasteiger partial charge in [0.05, 0.1) is 13.2 Å². The summed E-state index contributed by atoms with van der Waals surface area (Å²) in [5, 5.41) is 8.85. The molecule has 1 heterocycles. The Hall–Kier alpha value is -1.30. The monoisotopic (exact) mass is 202 g/mol. The molecule has 1 N–H and O–H groups in total. The lowest BCUT2D eigenvalue weighted by Gasteiger charge is -2.34. The number of rotatable bonds is 1. The number of ether oxygens (including phenoxy) is 1. The van der Waals surface area contributed by atoms with Gasteiger partial charge in [-0.2, -0.15) is 0 Å². The Morgan fingerprint density at radius 1 is 1.50 bits per heavy atom. The summed E-state index contributed by atoms with van der Waals surface area (Å²) in [5.74, 6) is -1.03. The van der Waals surface area contributed by atoms with Gasteiger partial charge >= 0.3 is 12.0 Å². The summed E-state index contributed by atoms with van der Waals surface area (Å²) in [6.07, 6.45) is 0. The van der Waals surface area contributed by atoms with Crippen LogP contribution in [0.5, 0.6) is 0 Å². The number of hydrogen-bond acceptors (Lipinski definition) is 3. The molecular weight excluding hydrogens is 188 g/mol. The highest BCUT2D eigenvalue weighted by molar-refractivity contribution is 5.82. The number of carbonyl (C=O) groups excluding carboxylic acids is 1. The van der Waals surface area contributed by atoms with Gasteiger partial charge in [0.2, 0.25) is 0 Å². The van der Waals surface area contributed by atoms with E-state index in [0.717, 1.165) is 0 Å². The van der Waals surface area contributed by atoms with Crippen LogP contribution in [-0.2, 0) is 9.53 Å². The van der Waals surface area contributed by atoms with Crippen LogP contribution in [0.4, 0.5) is 4.79 Å². The molecule has 0 aliphatic carbocycles. The smallest absolute Gasteiger partial charge is 0.328 e. The van der Waals surface area contributed by atoms with E-state index in [-0.39, 0.29) is 12.6 Å². The number of carbonyl (C=O) groups is 2. The Labute approximate surface area is 82.0 Å². The minimum atomic E-state index is -1.03. The minimum absolute atomic E-state index is 0.0644. The third kappa shape index (κ3) is 2.14. The lowest BCUT2D eigenvalue weighted by molar-refractivity contribution is -0.147. The number of carboxylic acids is 1. The topological polar surface area (TPSA) is 70.1 Å². The first-order valence-corrected chi connectivity index (χ1v) is 4.32. The van der Waals surface area contributed by atoms with Crippen molar-refractivity contribution in [3.8, 4) is 0 Å². The van der Waals surface area contributed by atoms with Gasteiger partial charge in [-0.15, -0.1) is 0 Å². The van der Waals surface area contributed by atoms with Gasteiger partial charge in [0.1, 0.15) is 0 Å².